The first-order valence-electron chi connectivity index (χ1n) is 11.6. The number of alkyl carbamates (subject to hydrolysis) is 1. The Morgan fingerprint density at radius 1 is 1.00 bits per heavy atom. The van der Waals surface area contributed by atoms with Crippen LogP contribution in [0.3, 0.4) is 0 Å². The molecule has 0 saturated carbocycles. The molecule has 4 N–H and O–H groups in total. The summed E-state index contributed by atoms with van der Waals surface area (Å²) in [6.07, 6.45) is 0.202. The van der Waals surface area contributed by atoms with Crippen molar-refractivity contribution in [2.75, 3.05) is 6.54 Å². The minimum atomic E-state index is -1.14. The van der Waals surface area contributed by atoms with Gasteiger partial charge in [-0.15, -0.1) is 0 Å². The first-order valence-corrected chi connectivity index (χ1v) is 11.6. The lowest BCUT2D eigenvalue weighted by Crippen LogP contribution is -2.56. The molecule has 1 aliphatic rings. The second kappa shape index (κ2) is 12.7. The van der Waals surface area contributed by atoms with Gasteiger partial charge in [0.15, 0.2) is 0 Å². The van der Waals surface area contributed by atoms with Gasteiger partial charge < -0.3 is 30.7 Å². The number of carboxylic acid groups (broad SMARTS) is 1. The van der Waals surface area contributed by atoms with Gasteiger partial charge in [-0.3, -0.25) is 14.4 Å². The van der Waals surface area contributed by atoms with Crippen LogP contribution in [0.25, 0.3) is 0 Å². The van der Waals surface area contributed by atoms with Crippen molar-refractivity contribution in [1.29, 1.82) is 0 Å². The fourth-order valence-corrected chi connectivity index (χ4v) is 3.72. The molecule has 4 atom stereocenters. The molecule has 1 aromatic rings. The molecule has 1 aromatic carbocycles. The number of rotatable bonds is 10. The summed E-state index contributed by atoms with van der Waals surface area (Å²) in [6.45, 7) is 6.67. The topological polar surface area (TPSA) is 154 Å². The van der Waals surface area contributed by atoms with Gasteiger partial charge >= 0.3 is 12.1 Å². The Balaban J connectivity index is 1.87. The predicted molar refractivity (Wildman–Crippen MR) is 126 cm³/mol. The zero-order valence-corrected chi connectivity index (χ0v) is 20.4. The van der Waals surface area contributed by atoms with Crippen molar-refractivity contribution in [2.45, 2.75) is 71.3 Å². The number of nitrogens with one attached hydrogen (secondary N) is 3. The summed E-state index contributed by atoms with van der Waals surface area (Å²) >= 11 is 0. The maximum Gasteiger partial charge on any atom is 0.408 e. The lowest BCUT2D eigenvalue weighted by Gasteiger charge is -2.29. The quantitative estimate of drug-likeness (QED) is 0.382. The SMILES string of the molecule is CC(NC(=O)OCc1ccccc1)C(=O)NC(C)C(=O)N1CCCC1C(=O)NC(C(=O)O)C(C)C. The number of carboxylic acids is 1. The van der Waals surface area contributed by atoms with Crippen LogP contribution >= 0.6 is 0 Å². The molecular weight excluding hydrogens is 456 g/mol. The van der Waals surface area contributed by atoms with E-state index in [1.165, 1.54) is 18.7 Å². The minimum absolute atomic E-state index is 0.0495. The Labute approximate surface area is 204 Å². The number of hydrogen-bond acceptors (Lipinski definition) is 6. The third-order valence-corrected chi connectivity index (χ3v) is 5.74. The van der Waals surface area contributed by atoms with E-state index in [0.29, 0.717) is 19.4 Å². The summed E-state index contributed by atoms with van der Waals surface area (Å²) in [7, 11) is 0. The van der Waals surface area contributed by atoms with Gasteiger partial charge in [-0.1, -0.05) is 44.2 Å². The molecule has 11 heteroatoms. The molecule has 4 unspecified atom stereocenters. The van der Waals surface area contributed by atoms with Crippen molar-refractivity contribution in [3.8, 4) is 0 Å². The summed E-state index contributed by atoms with van der Waals surface area (Å²) in [5.41, 5.74) is 0.797. The fourth-order valence-electron chi connectivity index (χ4n) is 3.72. The van der Waals surface area contributed by atoms with Crippen molar-refractivity contribution in [3.63, 3.8) is 0 Å². The molecule has 11 nitrogen and oxygen atoms in total. The Bertz CT molecular complexity index is 922. The first kappa shape index (κ1) is 27.6. The molecule has 1 saturated heterocycles. The van der Waals surface area contributed by atoms with Gasteiger partial charge in [-0.2, -0.15) is 0 Å². The standard InChI is InChI=1S/C24H34N4O7/c1-14(2)19(23(32)33)27-21(30)18-11-8-12-28(18)22(31)16(4)25-20(29)15(3)26-24(34)35-13-17-9-6-5-7-10-17/h5-7,9-10,14-16,18-19H,8,11-13H2,1-4H3,(H,25,29)(H,26,34)(H,27,30)(H,32,33). The molecular formula is C24H34N4O7. The normalized spacial score (nSPS) is 17.7. The number of amides is 4. The van der Waals surface area contributed by atoms with E-state index in [9.17, 15) is 29.1 Å². The second-order valence-electron chi connectivity index (χ2n) is 8.92. The van der Waals surface area contributed by atoms with Gasteiger partial charge in [0, 0.05) is 6.54 Å². The van der Waals surface area contributed by atoms with Gasteiger partial charge in [-0.05, 0) is 38.2 Å². The zero-order valence-electron chi connectivity index (χ0n) is 20.4. The first-order chi connectivity index (χ1) is 16.5. The lowest BCUT2D eigenvalue weighted by molar-refractivity contribution is -0.145. The predicted octanol–water partition coefficient (Wildman–Crippen LogP) is 1.02. The molecule has 0 bridgehead atoms. The van der Waals surface area contributed by atoms with Crippen LogP contribution in [0, 0.1) is 5.92 Å². The van der Waals surface area contributed by atoms with E-state index in [4.69, 9.17) is 4.74 Å². The molecule has 4 amide bonds. The van der Waals surface area contributed by atoms with E-state index in [2.05, 4.69) is 16.0 Å². The minimum Gasteiger partial charge on any atom is -0.480 e. The van der Waals surface area contributed by atoms with Crippen LogP contribution < -0.4 is 16.0 Å². The van der Waals surface area contributed by atoms with Crippen molar-refractivity contribution in [3.05, 3.63) is 35.9 Å². The highest BCUT2D eigenvalue weighted by molar-refractivity contribution is 5.94. The number of carbonyl (C=O) groups is 5. The number of nitrogens with zero attached hydrogens (tertiary/aromatic N) is 1. The molecule has 0 aromatic heterocycles. The Morgan fingerprint density at radius 2 is 1.66 bits per heavy atom. The molecule has 0 aliphatic carbocycles. The van der Waals surface area contributed by atoms with E-state index < -0.39 is 54.0 Å². The zero-order chi connectivity index (χ0) is 26.1. The van der Waals surface area contributed by atoms with E-state index in [-0.39, 0.29) is 12.5 Å². The van der Waals surface area contributed by atoms with Gasteiger partial charge in [0.05, 0.1) is 0 Å². The molecule has 1 heterocycles. The third-order valence-electron chi connectivity index (χ3n) is 5.74. The average Bonchev–Trinajstić information content (AvgIpc) is 3.30. The van der Waals surface area contributed by atoms with E-state index in [1.807, 2.05) is 18.2 Å². The van der Waals surface area contributed by atoms with E-state index in [0.717, 1.165) is 5.56 Å². The number of carbonyl (C=O) groups excluding carboxylic acids is 4. The van der Waals surface area contributed by atoms with Crippen LogP contribution in [-0.2, 0) is 30.5 Å². The smallest absolute Gasteiger partial charge is 0.408 e. The maximum atomic E-state index is 13.0. The molecule has 2 rings (SSSR count). The second-order valence-corrected chi connectivity index (χ2v) is 8.92. The molecule has 1 fully saturated rings. The third kappa shape index (κ3) is 7.97. The van der Waals surface area contributed by atoms with Gasteiger partial charge in [0.1, 0.15) is 30.8 Å². The average molecular weight is 491 g/mol. The summed E-state index contributed by atoms with van der Waals surface area (Å²) in [6, 6.07) is 5.27. The fraction of sp³-hybridized carbons (Fsp3) is 0.542. The highest BCUT2D eigenvalue weighted by Gasteiger charge is 2.38. The lowest BCUT2D eigenvalue weighted by atomic mass is 10.0. The highest BCUT2D eigenvalue weighted by atomic mass is 16.5. The van der Waals surface area contributed by atoms with Crippen LogP contribution in [0.15, 0.2) is 30.3 Å². The van der Waals surface area contributed by atoms with Crippen molar-refractivity contribution < 1.29 is 33.8 Å². The van der Waals surface area contributed by atoms with Crippen LogP contribution in [0.2, 0.25) is 0 Å². The largest absolute Gasteiger partial charge is 0.480 e. The monoisotopic (exact) mass is 490 g/mol. The summed E-state index contributed by atoms with van der Waals surface area (Å²) in [5.74, 6) is -3.06. The highest BCUT2D eigenvalue weighted by Crippen LogP contribution is 2.19. The summed E-state index contributed by atoms with van der Waals surface area (Å²) < 4.78 is 5.10. The van der Waals surface area contributed by atoms with Crippen LogP contribution in [0.5, 0.6) is 0 Å². The van der Waals surface area contributed by atoms with E-state index >= 15 is 0 Å². The number of benzene rings is 1. The molecule has 0 spiro atoms. The van der Waals surface area contributed by atoms with Gasteiger partial charge in [-0.25, -0.2) is 9.59 Å². The molecule has 0 radical (unpaired) electrons. The van der Waals surface area contributed by atoms with Crippen molar-refractivity contribution in [2.24, 2.45) is 5.92 Å². The van der Waals surface area contributed by atoms with Gasteiger partial charge in [0.2, 0.25) is 17.7 Å². The number of ether oxygens (including phenoxy) is 1. The molecule has 35 heavy (non-hydrogen) atoms. The van der Waals surface area contributed by atoms with Gasteiger partial charge in [0.25, 0.3) is 0 Å². The Kier molecular flexibility index (Phi) is 10.0. The number of hydrogen-bond donors (Lipinski definition) is 4. The van der Waals surface area contributed by atoms with Crippen LogP contribution in [-0.4, -0.2) is 70.5 Å². The molecule has 192 valence electrons. The number of likely N-dealkylation sites (tertiary alicyclic amines) is 1. The van der Waals surface area contributed by atoms with Crippen molar-refractivity contribution >= 4 is 29.8 Å². The number of aliphatic carboxylic acids is 1. The van der Waals surface area contributed by atoms with E-state index in [1.54, 1.807) is 26.0 Å². The maximum absolute atomic E-state index is 13.0. The van der Waals surface area contributed by atoms with Crippen LogP contribution in [0.1, 0.15) is 46.1 Å². The molecule has 1 aliphatic heterocycles. The summed E-state index contributed by atoms with van der Waals surface area (Å²) in [5, 5.41) is 16.8. The van der Waals surface area contributed by atoms with Crippen LogP contribution in [0.4, 0.5) is 4.79 Å². The summed E-state index contributed by atoms with van der Waals surface area (Å²) in [4.78, 5) is 62.9. The van der Waals surface area contributed by atoms with Crippen molar-refractivity contribution in [1.82, 2.24) is 20.9 Å². The Hall–Kier alpha value is -3.63. The Morgan fingerprint density at radius 3 is 2.26 bits per heavy atom.